The fourth-order valence-electron chi connectivity index (χ4n) is 3.77. The van der Waals surface area contributed by atoms with Crippen molar-refractivity contribution in [3.05, 3.63) is 59.8 Å². The van der Waals surface area contributed by atoms with Crippen LogP contribution in [-0.2, 0) is 7.05 Å². The summed E-state index contributed by atoms with van der Waals surface area (Å²) in [6.07, 6.45) is 4.52. The first kappa shape index (κ1) is 17.8. The lowest BCUT2D eigenvalue weighted by molar-refractivity contribution is 0.1000. The lowest BCUT2D eigenvalue weighted by Crippen LogP contribution is -2.24. The smallest absolute Gasteiger partial charge is 0.184 e. The fraction of sp³-hybridized carbons (Fsp3) is 0.261. The van der Waals surface area contributed by atoms with E-state index < -0.39 is 0 Å². The van der Waals surface area contributed by atoms with Crippen LogP contribution in [0.25, 0.3) is 22.4 Å². The standard InChI is InChI=1S/C23H22N4O2/c1-27-23(14-2-5-16(6-3-14)29-17-7-8-17)20(12-26-27)15-4-9-18-19(10-15)21(11-24)25-13-22(18)28/h2-6,9-10,12,17H,7-8,11,13,24H2,1H3. The average Bonchev–Trinajstić information content (AvgIpc) is 3.48. The van der Waals surface area contributed by atoms with Crippen molar-refractivity contribution >= 4 is 11.5 Å². The van der Waals surface area contributed by atoms with Gasteiger partial charge in [-0.2, -0.15) is 5.10 Å². The lowest BCUT2D eigenvalue weighted by atomic mass is 9.92. The van der Waals surface area contributed by atoms with Crippen molar-refractivity contribution in [3.8, 4) is 28.1 Å². The molecule has 3 aromatic rings. The number of ketones is 1. The molecule has 0 radical (unpaired) electrons. The number of Topliss-reactive ketones (excluding diaryl/α,β-unsaturated/α-hetero) is 1. The number of nitrogens with two attached hydrogens (primary N) is 1. The van der Waals surface area contributed by atoms with Gasteiger partial charge in [0.05, 0.1) is 23.7 Å². The molecule has 1 saturated carbocycles. The zero-order chi connectivity index (χ0) is 20.0. The normalized spacial score (nSPS) is 15.8. The predicted octanol–water partition coefficient (Wildman–Crippen LogP) is 3.24. The molecule has 0 spiro atoms. The number of benzene rings is 2. The summed E-state index contributed by atoms with van der Waals surface area (Å²) in [4.78, 5) is 16.6. The summed E-state index contributed by atoms with van der Waals surface area (Å²) < 4.78 is 7.73. The second kappa shape index (κ2) is 6.97. The summed E-state index contributed by atoms with van der Waals surface area (Å²) in [5.74, 6) is 0.928. The molecule has 1 aromatic heterocycles. The largest absolute Gasteiger partial charge is 0.490 e. The SMILES string of the molecule is Cn1ncc(-c2ccc3c(c2)C(CN)=NCC3=O)c1-c1ccc(OC2CC2)cc1. The van der Waals surface area contributed by atoms with Crippen LogP contribution in [0.1, 0.15) is 28.8 Å². The first-order chi connectivity index (χ1) is 14.1. The first-order valence-electron chi connectivity index (χ1n) is 9.84. The number of aromatic nitrogens is 2. The van der Waals surface area contributed by atoms with Gasteiger partial charge in [-0.1, -0.05) is 12.1 Å². The summed E-state index contributed by atoms with van der Waals surface area (Å²) in [6, 6.07) is 14.0. The third kappa shape index (κ3) is 3.25. The van der Waals surface area contributed by atoms with E-state index in [9.17, 15) is 4.79 Å². The third-order valence-electron chi connectivity index (χ3n) is 5.44. The summed E-state index contributed by atoms with van der Waals surface area (Å²) in [5, 5.41) is 4.48. The van der Waals surface area contributed by atoms with E-state index in [1.54, 1.807) is 0 Å². The van der Waals surface area contributed by atoms with Gasteiger partial charge in [-0.05, 0) is 48.7 Å². The third-order valence-corrected chi connectivity index (χ3v) is 5.44. The van der Waals surface area contributed by atoms with E-state index in [-0.39, 0.29) is 12.3 Å². The van der Waals surface area contributed by atoms with Crippen LogP contribution in [0.15, 0.2) is 53.7 Å². The molecule has 5 rings (SSSR count). The Kier molecular flexibility index (Phi) is 4.28. The number of fused-ring (bicyclic) bond motifs is 1. The van der Waals surface area contributed by atoms with Gasteiger partial charge in [0.25, 0.3) is 0 Å². The highest BCUT2D eigenvalue weighted by atomic mass is 16.5. The predicted molar refractivity (Wildman–Crippen MR) is 113 cm³/mol. The highest BCUT2D eigenvalue weighted by Gasteiger charge is 2.24. The highest BCUT2D eigenvalue weighted by Crippen LogP contribution is 2.35. The number of rotatable bonds is 5. The summed E-state index contributed by atoms with van der Waals surface area (Å²) in [6.45, 7) is 0.485. The molecular formula is C23H22N4O2. The number of aliphatic imine (C=N–C) groups is 1. The van der Waals surface area contributed by atoms with Crippen LogP contribution in [0.3, 0.4) is 0 Å². The highest BCUT2D eigenvalue weighted by molar-refractivity contribution is 6.16. The molecule has 29 heavy (non-hydrogen) atoms. The molecule has 2 N–H and O–H groups in total. The number of nitrogens with zero attached hydrogens (tertiary/aromatic N) is 3. The molecule has 1 aliphatic heterocycles. The number of ether oxygens (including phenoxy) is 1. The van der Waals surface area contributed by atoms with Crippen LogP contribution in [0.5, 0.6) is 5.75 Å². The van der Waals surface area contributed by atoms with Crippen molar-refractivity contribution in [1.29, 1.82) is 0 Å². The van der Waals surface area contributed by atoms with E-state index in [1.807, 2.05) is 48.3 Å². The van der Waals surface area contributed by atoms with Gasteiger partial charge in [-0.15, -0.1) is 0 Å². The number of aryl methyl sites for hydroxylation is 1. The summed E-state index contributed by atoms with van der Waals surface area (Å²) in [7, 11) is 1.93. The second-order valence-electron chi connectivity index (χ2n) is 7.52. The number of hydrogen-bond donors (Lipinski definition) is 1. The average molecular weight is 386 g/mol. The topological polar surface area (TPSA) is 82.5 Å². The van der Waals surface area contributed by atoms with E-state index in [4.69, 9.17) is 10.5 Å². The van der Waals surface area contributed by atoms with Crippen LogP contribution in [0.2, 0.25) is 0 Å². The Morgan fingerprint density at radius 2 is 1.83 bits per heavy atom. The maximum Gasteiger partial charge on any atom is 0.184 e. The van der Waals surface area contributed by atoms with Crippen LogP contribution in [0.4, 0.5) is 0 Å². The lowest BCUT2D eigenvalue weighted by Gasteiger charge is -2.16. The second-order valence-corrected chi connectivity index (χ2v) is 7.52. The molecule has 1 aliphatic carbocycles. The molecule has 0 saturated heterocycles. The minimum Gasteiger partial charge on any atom is -0.490 e. The Morgan fingerprint density at radius 1 is 1.07 bits per heavy atom. The van der Waals surface area contributed by atoms with Gasteiger partial charge in [0.2, 0.25) is 0 Å². The maximum absolute atomic E-state index is 12.2. The van der Waals surface area contributed by atoms with Gasteiger partial charge in [0.15, 0.2) is 5.78 Å². The quantitative estimate of drug-likeness (QED) is 0.730. The molecule has 6 nitrogen and oxygen atoms in total. The van der Waals surface area contributed by atoms with Crippen molar-refractivity contribution in [1.82, 2.24) is 9.78 Å². The van der Waals surface area contributed by atoms with Crippen molar-refractivity contribution in [3.63, 3.8) is 0 Å². The van der Waals surface area contributed by atoms with E-state index in [1.165, 1.54) is 0 Å². The van der Waals surface area contributed by atoms with Crippen molar-refractivity contribution < 1.29 is 9.53 Å². The zero-order valence-electron chi connectivity index (χ0n) is 16.3. The molecule has 2 aromatic carbocycles. The molecule has 0 amide bonds. The first-order valence-corrected chi connectivity index (χ1v) is 9.84. The van der Waals surface area contributed by atoms with E-state index in [2.05, 4.69) is 22.2 Å². The molecule has 2 heterocycles. The van der Waals surface area contributed by atoms with Crippen molar-refractivity contribution in [2.24, 2.45) is 17.8 Å². The molecule has 6 heteroatoms. The van der Waals surface area contributed by atoms with E-state index >= 15 is 0 Å². The Hall–Kier alpha value is -3.25. The fourth-order valence-corrected chi connectivity index (χ4v) is 3.77. The number of carbonyl (C=O) groups is 1. The van der Waals surface area contributed by atoms with Gasteiger partial charge in [-0.3, -0.25) is 14.5 Å². The van der Waals surface area contributed by atoms with Gasteiger partial charge in [0, 0.05) is 35.8 Å². The van der Waals surface area contributed by atoms with Crippen molar-refractivity contribution in [2.45, 2.75) is 18.9 Å². The Labute approximate surface area is 169 Å². The number of hydrogen-bond acceptors (Lipinski definition) is 5. The minimum atomic E-state index is 0.0291. The van der Waals surface area contributed by atoms with Crippen LogP contribution >= 0.6 is 0 Å². The zero-order valence-corrected chi connectivity index (χ0v) is 16.3. The Morgan fingerprint density at radius 3 is 2.55 bits per heavy atom. The van der Waals surface area contributed by atoms with Crippen LogP contribution < -0.4 is 10.5 Å². The van der Waals surface area contributed by atoms with Crippen LogP contribution in [0, 0.1) is 0 Å². The Bertz CT molecular complexity index is 1120. The minimum absolute atomic E-state index is 0.0291. The maximum atomic E-state index is 12.2. The van der Waals surface area contributed by atoms with E-state index in [0.29, 0.717) is 18.2 Å². The molecule has 146 valence electrons. The molecule has 2 aliphatic rings. The van der Waals surface area contributed by atoms with Gasteiger partial charge in [0.1, 0.15) is 12.3 Å². The van der Waals surface area contributed by atoms with Gasteiger partial charge < -0.3 is 10.5 Å². The van der Waals surface area contributed by atoms with Gasteiger partial charge >= 0.3 is 0 Å². The molecular weight excluding hydrogens is 364 g/mol. The summed E-state index contributed by atoms with van der Waals surface area (Å²) in [5.41, 5.74) is 12.2. The van der Waals surface area contributed by atoms with Crippen LogP contribution in [-0.4, -0.2) is 40.5 Å². The van der Waals surface area contributed by atoms with Gasteiger partial charge in [-0.25, -0.2) is 0 Å². The molecule has 0 unspecified atom stereocenters. The Balaban J connectivity index is 1.55. The van der Waals surface area contributed by atoms with Crippen molar-refractivity contribution in [2.75, 3.05) is 13.1 Å². The molecule has 0 atom stereocenters. The monoisotopic (exact) mass is 386 g/mol. The molecule has 0 bridgehead atoms. The number of carbonyl (C=O) groups excluding carboxylic acids is 1. The molecule has 1 fully saturated rings. The van der Waals surface area contributed by atoms with E-state index in [0.717, 1.165) is 52.3 Å². The summed E-state index contributed by atoms with van der Waals surface area (Å²) >= 11 is 0.